The summed E-state index contributed by atoms with van der Waals surface area (Å²) in [5, 5.41) is 4.09. The maximum absolute atomic E-state index is 12.8. The normalized spacial score (nSPS) is 21.5. The molecule has 3 aromatic heterocycles. The molecule has 2 atom stereocenters. The maximum atomic E-state index is 12.8. The van der Waals surface area contributed by atoms with E-state index in [9.17, 15) is 4.79 Å². The molecule has 0 amide bonds. The first-order valence-corrected chi connectivity index (χ1v) is 9.88. The maximum Gasteiger partial charge on any atom is 0.251 e. The van der Waals surface area contributed by atoms with Crippen molar-refractivity contribution < 1.29 is 4.52 Å². The van der Waals surface area contributed by atoms with E-state index in [1.807, 2.05) is 36.7 Å². The minimum absolute atomic E-state index is 0.102. The van der Waals surface area contributed by atoms with Gasteiger partial charge in [0.25, 0.3) is 5.56 Å². The number of hydrogen-bond donors (Lipinski definition) is 0. The van der Waals surface area contributed by atoms with Gasteiger partial charge in [-0.1, -0.05) is 11.2 Å². The highest BCUT2D eigenvalue weighted by molar-refractivity contribution is 5.62. The number of pyridine rings is 2. The second kappa shape index (κ2) is 6.71. The third-order valence-corrected chi connectivity index (χ3v) is 6.19. The molecule has 1 saturated heterocycles. The molecule has 144 valence electrons. The van der Waals surface area contributed by atoms with Gasteiger partial charge in [-0.25, -0.2) is 0 Å². The summed E-state index contributed by atoms with van der Waals surface area (Å²) in [6.07, 6.45) is 4.73. The molecule has 0 spiro atoms. The summed E-state index contributed by atoms with van der Waals surface area (Å²) < 4.78 is 7.33. The Morgan fingerprint density at radius 1 is 1.18 bits per heavy atom. The van der Waals surface area contributed by atoms with Crippen LogP contribution in [0.1, 0.15) is 35.1 Å². The molecule has 0 N–H and O–H groups in total. The molecular formula is C22H24N4O2. The lowest BCUT2D eigenvalue weighted by Gasteiger charge is -2.43. The summed E-state index contributed by atoms with van der Waals surface area (Å²) in [5.74, 6) is 1.79. The minimum atomic E-state index is 0.102. The minimum Gasteiger partial charge on any atom is -0.361 e. The van der Waals surface area contributed by atoms with Gasteiger partial charge in [-0.15, -0.1) is 0 Å². The smallest absolute Gasteiger partial charge is 0.251 e. The van der Waals surface area contributed by atoms with Crippen LogP contribution in [0.4, 0.5) is 0 Å². The Kier molecular flexibility index (Phi) is 4.16. The van der Waals surface area contributed by atoms with Crippen molar-refractivity contribution in [3.8, 4) is 11.1 Å². The molecule has 3 aromatic rings. The molecule has 28 heavy (non-hydrogen) atoms. The SMILES string of the molecule is Cc1noc(C)c1CN1C[C@@H]2C[C@H](C1)c1cc(-c3cccnc3)cc(=O)n1C2. The van der Waals surface area contributed by atoms with Gasteiger partial charge in [0, 0.05) is 67.4 Å². The molecule has 2 aliphatic rings. The van der Waals surface area contributed by atoms with Gasteiger partial charge in [0.15, 0.2) is 0 Å². The Morgan fingerprint density at radius 3 is 2.82 bits per heavy atom. The van der Waals surface area contributed by atoms with Crippen LogP contribution in [0.3, 0.4) is 0 Å². The van der Waals surface area contributed by atoms with E-state index in [0.717, 1.165) is 60.9 Å². The van der Waals surface area contributed by atoms with E-state index < -0.39 is 0 Å². The average Bonchev–Trinajstić information content (AvgIpc) is 3.01. The van der Waals surface area contributed by atoms with E-state index in [4.69, 9.17) is 4.52 Å². The van der Waals surface area contributed by atoms with Gasteiger partial charge in [0.2, 0.25) is 0 Å². The molecular weight excluding hydrogens is 352 g/mol. The number of aromatic nitrogens is 3. The third kappa shape index (κ3) is 2.98. The number of hydrogen-bond acceptors (Lipinski definition) is 5. The van der Waals surface area contributed by atoms with Crippen LogP contribution >= 0.6 is 0 Å². The molecule has 0 radical (unpaired) electrons. The Bertz CT molecular complexity index is 1050. The van der Waals surface area contributed by atoms with Crippen molar-refractivity contribution in [1.82, 2.24) is 19.6 Å². The molecule has 0 aliphatic carbocycles. The lowest BCUT2D eigenvalue weighted by molar-refractivity contribution is 0.114. The standard InChI is InChI=1S/C22H24N4O2/c1-14-20(15(2)28-24-14)13-25-10-16-6-19(12-25)21-7-18(8-22(27)26(21)11-16)17-4-3-5-23-9-17/h3-5,7-9,16,19H,6,10-13H2,1-2H3/t16-,19+/m0/s1. The highest BCUT2D eigenvalue weighted by Gasteiger charge is 2.35. The quantitative estimate of drug-likeness (QED) is 0.703. The Hall–Kier alpha value is -2.73. The van der Waals surface area contributed by atoms with Crippen LogP contribution in [-0.4, -0.2) is 32.7 Å². The van der Waals surface area contributed by atoms with Gasteiger partial charge >= 0.3 is 0 Å². The van der Waals surface area contributed by atoms with E-state index in [1.54, 1.807) is 12.3 Å². The van der Waals surface area contributed by atoms with Crippen molar-refractivity contribution in [3.63, 3.8) is 0 Å². The van der Waals surface area contributed by atoms with Crippen molar-refractivity contribution in [2.75, 3.05) is 13.1 Å². The first kappa shape index (κ1) is 17.4. The first-order chi connectivity index (χ1) is 13.6. The monoisotopic (exact) mass is 376 g/mol. The molecule has 0 saturated carbocycles. The summed E-state index contributed by atoms with van der Waals surface area (Å²) in [6, 6.07) is 7.87. The molecule has 6 nitrogen and oxygen atoms in total. The Labute approximate surface area is 163 Å². The number of aryl methyl sites for hydroxylation is 2. The Morgan fingerprint density at radius 2 is 2.07 bits per heavy atom. The van der Waals surface area contributed by atoms with E-state index >= 15 is 0 Å². The fourth-order valence-electron chi connectivity index (χ4n) is 4.84. The summed E-state index contributed by atoms with van der Waals surface area (Å²) in [7, 11) is 0. The topological polar surface area (TPSA) is 64.2 Å². The van der Waals surface area contributed by atoms with Gasteiger partial charge in [-0.2, -0.15) is 0 Å². The van der Waals surface area contributed by atoms with Gasteiger partial charge in [0.1, 0.15) is 5.76 Å². The fraction of sp³-hybridized carbons (Fsp3) is 0.409. The lowest BCUT2D eigenvalue weighted by Crippen LogP contribution is -2.46. The first-order valence-electron chi connectivity index (χ1n) is 9.88. The number of piperidine rings is 1. The van der Waals surface area contributed by atoms with E-state index in [1.165, 1.54) is 5.56 Å². The zero-order chi connectivity index (χ0) is 19.3. The van der Waals surface area contributed by atoms with Crippen LogP contribution in [0.2, 0.25) is 0 Å². The number of likely N-dealkylation sites (tertiary alicyclic amines) is 1. The van der Waals surface area contributed by atoms with Crippen LogP contribution in [0.15, 0.2) is 46.0 Å². The van der Waals surface area contributed by atoms with Crippen molar-refractivity contribution >= 4 is 0 Å². The van der Waals surface area contributed by atoms with Crippen LogP contribution in [0.5, 0.6) is 0 Å². The van der Waals surface area contributed by atoms with Crippen LogP contribution in [-0.2, 0) is 13.1 Å². The van der Waals surface area contributed by atoms with Crippen molar-refractivity contribution in [3.05, 3.63) is 69.7 Å². The summed E-state index contributed by atoms with van der Waals surface area (Å²) >= 11 is 0. The van der Waals surface area contributed by atoms with Crippen LogP contribution < -0.4 is 5.56 Å². The molecule has 0 unspecified atom stereocenters. The molecule has 5 rings (SSSR count). The van der Waals surface area contributed by atoms with Crippen molar-refractivity contribution in [2.45, 2.75) is 39.3 Å². The predicted molar refractivity (Wildman–Crippen MR) is 106 cm³/mol. The fourth-order valence-corrected chi connectivity index (χ4v) is 4.84. The molecule has 6 heteroatoms. The van der Waals surface area contributed by atoms with E-state index in [-0.39, 0.29) is 5.56 Å². The average molecular weight is 376 g/mol. The number of nitrogens with zero attached hydrogens (tertiary/aromatic N) is 4. The predicted octanol–water partition coefficient (Wildman–Crippen LogP) is 3.13. The van der Waals surface area contributed by atoms with Gasteiger partial charge in [-0.3, -0.25) is 14.7 Å². The third-order valence-electron chi connectivity index (χ3n) is 6.19. The number of fused-ring (bicyclic) bond motifs is 4. The lowest BCUT2D eigenvalue weighted by atomic mass is 9.82. The van der Waals surface area contributed by atoms with Crippen molar-refractivity contribution in [1.29, 1.82) is 0 Å². The zero-order valence-electron chi connectivity index (χ0n) is 16.3. The summed E-state index contributed by atoms with van der Waals surface area (Å²) in [5.41, 5.74) is 5.39. The second-order valence-corrected chi connectivity index (χ2v) is 8.15. The van der Waals surface area contributed by atoms with Gasteiger partial charge in [0.05, 0.1) is 5.69 Å². The highest BCUT2D eigenvalue weighted by atomic mass is 16.5. The molecule has 2 bridgehead atoms. The van der Waals surface area contributed by atoms with Crippen LogP contribution in [0, 0.1) is 19.8 Å². The van der Waals surface area contributed by atoms with Gasteiger partial charge < -0.3 is 9.09 Å². The van der Waals surface area contributed by atoms with Crippen molar-refractivity contribution in [2.24, 2.45) is 5.92 Å². The van der Waals surface area contributed by atoms with E-state index in [2.05, 4.69) is 21.1 Å². The molecule has 2 aliphatic heterocycles. The number of rotatable bonds is 3. The zero-order valence-corrected chi connectivity index (χ0v) is 16.3. The van der Waals surface area contributed by atoms with Crippen LogP contribution in [0.25, 0.3) is 11.1 Å². The highest BCUT2D eigenvalue weighted by Crippen LogP contribution is 2.37. The molecule has 5 heterocycles. The molecule has 0 aromatic carbocycles. The van der Waals surface area contributed by atoms with E-state index in [0.29, 0.717) is 11.8 Å². The summed E-state index contributed by atoms with van der Waals surface area (Å²) in [6.45, 7) is 7.62. The molecule has 1 fully saturated rings. The Balaban J connectivity index is 1.47. The summed E-state index contributed by atoms with van der Waals surface area (Å²) in [4.78, 5) is 19.5. The van der Waals surface area contributed by atoms with Gasteiger partial charge in [-0.05, 0) is 43.9 Å². The second-order valence-electron chi connectivity index (χ2n) is 8.15. The largest absolute Gasteiger partial charge is 0.361 e.